The standard InChI is InChI=1S/C17H13ClN4O3/c1-2-12-10-15(25-14-4-3-9-19-16(14)18)21-17(20-12)11-5-7-13(8-6-11)22(23)24/h3-10H,2H2,1H3. The number of aromatic nitrogens is 3. The summed E-state index contributed by atoms with van der Waals surface area (Å²) >= 11 is 6.01. The summed E-state index contributed by atoms with van der Waals surface area (Å²) in [6.45, 7) is 1.96. The van der Waals surface area contributed by atoms with Crippen LogP contribution in [0.2, 0.25) is 5.15 Å². The van der Waals surface area contributed by atoms with Gasteiger partial charge in [0.15, 0.2) is 16.7 Å². The van der Waals surface area contributed by atoms with Gasteiger partial charge in [0.05, 0.1) is 4.92 Å². The number of hydrogen-bond donors (Lipinski definition) is 0. The lowest BCUT2D eigenvalue weighted by Gasteiger charge is -2.09. The topological polar surface area (TPSA) is 91.0 Å². The molecule has 0 bridgehead atoms. The van der Waals surface area contributed by atoms with Crippen LogP contribution in [-0.2, 0) is 6.42 Å². The lowest BCUT2D eigenvalue weighted by atomic mass is 10.2. The molecule has 2 heterocycles. The Morgan fingerprint density at radius 2 is 1.96 bits per heavy atom. The SMILES string of the molecule is CCc1cc(Oc2cccnc2Cl)nc(-c2ccc([N+](=O)[O-])cc2)n1. The van der Waals surface area contributed by atoms with E-state index in [1.54, 1.807) is 36.5 Å². The third-order valence-corrected chi connectivity index (χ3v) is 3.68. The summed E-state index contributed by atoms with van der Waals surface area (Å²) < 4.78 is 5.72. The van der Waals surface area contributed by atoms with Gasteiger partial charge in [0.25, 0.3) is 5.69 Å². The molecule has 0 radical (unpaired) electrons. The van der Waals surface area contributed by atoms with E-state index in [0.29, 0.717) is 29.4 Å². The second-order valence-electron chi connectivity index (χ2n) is 5.07. The van der Waals surface area contributed by atoms with E-state index in [4.69, 9.17) is 16.3 Å². The fraction of sp³-hybridized carbons (Fsp3) is 0.118. The Morgan fingerprint density at radius 1 is 1.20 bits per heavy atom. The van der Waals surface area contributed by atoms with Crippen molar-refractivity contribution in [3.8, 4) is 23.0 Å². The zero-order chi connectivity index (χ0) is 17.8. The Morgan fingerprint density at radius 3 is 2.60 bits per heavy atom. The molecule has 0 atom stereocenters. The van der Waals surface area contributed by atoms with E-state index >= 15 is 0 Å². The minimum Gasteiger partial charge on any atom is -0.436 e. The number of hydrogen-bond acceptors (Lipinski definition) is 6. The summed E-state index contributed by atoms with van der Waals surface area (Å²) in [7, 11) is 0. The van der Waals surface area contributed by atoms with Gasteiger partial charge in [0, 0.05) is 35.7 Å². The van der Waals surface area contributed by atoms with Gasteiger partial charge in [-0.1, -0.05) is 18.5 Å². The van der Waals surface area contributed by atoms with E-state index in [1.807, 2.05) is 6.92 Å². The number of non-ortho nitro benzene ring substituents is 1. The molecule has 0 aliphatic heterocycles. The molecule has 0 spiro atoms. The zero-order valence-electron chi connectivity index (χ0n) is 13.2. The maximum atomic E-state index is 10.8. The Balaban J connectivity index is 1.97. The molecule has 0 fully saturated rings. The highest BCUT2D eigenvalue weighted by Gasteiger charge is 2.11. The van der Waals surface area contributed by atoms with Crippen molar-refractivity contribution >= 4 is 17.3 Å². The van der Waals surface area contributed by atoms with Crippen molar-refractivity contribution < 1.29 is 9.66 Å². The van der Waals surface area contributed by atoms with Crippen molar-refractivity contribution in [3.05, 3.63) is 69.6 Å². The van der Waals surface area contributed by atoms with Crippen LogP contribution in [0.15, 0.2) is 48.7 Å². The number of nitrogens with zero attached hydrogens (tertiary/aromatic N) is 4. The highest BCUT2D eigenvalue weighted by Crippen LogP contribution is 2.28. The van der Waals surface area contributed by atoms with Crippen molar-refractivity contribution in [1.82, 2.24) is 15.0 Å². The fourth-order valence-corrected chi connectivity index (χ4v) is 2.29. The van der Waals surface area contributed by atoms with Gasteiger partial charge in [0.2, 0.25) is 5.88 Å². The minimum absolute atomic E-state index is 0.00834. The largest absolute Gasteiger partial charge is 0.436 e. The molecule has 0 unspecified atom stereocenters. The number of ether oxygens (including phenoxy) is 1. The average molecular weight is 357 g/mol. The molecular weight excluding hydrogens is 344 g/mol. The lowest BCUT2D eigenvalue weighted by Crippen LogP contribution is -1.98. The maximum Gasteiger partial charge on any atom is 0.269 e. The van der Waals surface area contributed by atoms with Crippen LogP contribution >= 0.6 is 11.6 Å². The molecule has 126 valence electrons. The summed E-state index contributed by atoms with van der Waals surface area (Å²) in [6.07, 6.45) is 2.24. The second-order valence-corrected chi connectivity index (χ2v) is 5.43. The van der Waals surface area contributed by atoms with E-state index in [0.717, 1.165) is 5.69 Å². The lowest BCUT2D eigenvalue weighted by molar-refractivity contribution is -0.384. The molecule has 0 aliphatic rings. The maximum absolute atomic E-state index is 10.8. The molecule has 0 N–H and O–H groups in total. The van der Waals surface area contributed by atoms with Crippen LogP contribution in [0.1, 0.15) is 12.6 Å². The number of nitro benzene ring substituents is 1. The van der Waals surface area contributed by atoms with Crippen molar-refractivity contribution in [2.45, 2.75) is 13.3 Å². The Bertz CT molecular complexity index is 916. The van der Waals surface area contributed by atoms with E-state index in [2.05, 4.69) is 15.0 Å². The molecule has 3 rings (SSSR count). The van der Waals surface area contributed by atoms with Crippen molar-refractivity contribution in [1.29, 1.82) is 0 Å². The summed E-state index contributed by atoms with van der Waals surface area (Å²) in [5, 5.41) is 11.0. The number of benzene rings is 1. The van der Waals surface area contributed by atoms with Gasteiger partial charge in [-0.3, -0.25) is 10.1 Å². The molecule has 3 aromatic rings. The van der Waals surface area contributed by atoms with Crippen LogP contribution in [0, 0.1) is 10.1 Å². The van der Waals surface area contributed by atoms with Crippen LogP contribution in [0.5, 0.6) is 11.6 Å². The molecular formula is C17H13ClN4O3. The first-order chi connectivity index (χ1) is 12.1. The summed E-state index contributed by atoms with van der Waals surface area (Å²) in [5.74, 6) is 1.14. The van der Waals surface area contributed by atoms with Gasteiger partial charge < -0.3 is 4.74 Å². The van der Waals surface area contributed by atoms with Crippen LogP contribution in [0.4, 0.5) is 5.69 Å². The highest BCUT2D eigenvalue weighted by molar-refractivity contribution is 6.30. The molecule has 8 heteroatoms. The molecule has 0 aliphatic carbocycles. The van der Waals surface area contributed by atoms with Crippen LogP contribution in [0.25, 0.3) is 11.4 Å². The minimum atomic E-state index is -0.452. The van der Waals surface area contributed by atoms with Crippen LogP contribution in [-0.4, -0.2) is 19.9 Å². The summed E-state index contributed by atoms with van der Waals surface area (Å²) in [6, 6.07) is 11.2. The molecule has 0 saturated heterocycles. The predicted octanol–water partition coefficient (Wildman–Crippen LogP) is 4.45. The van der Waals surface area contributed by atoms with E-state index in [-0.39, 0.29) is 10.8 Å². The highest BCUT2D eigenvalue weighted by atomic mass is 35.5. The Labute approximate surface area is 148 Å². The van der Waals surface area contributed by atoms with Gasteiger partial charge in [-0.25, -0.2) is 9.97 Å². The predicted molar refractivity (Wildman–Crippen MR) is 92.8 cm³/mol. The zero-order valence-corrected chi connectivity index (χ0v) is 14.0. The monoisotopic (exact) mass is 356 g/mol. The number of rotatable bonds is 5. The van der Waals surface area contributed by atoms with Gasteiger partial charge in [-0.2, -0.15) is 4.98 Å². The van der Waals surface area contributed by atoms with Gasteiger partial charge in [0.1, 0.15) is 0 Å². The smallest absolute Gasteiger partial charge is 0.269 e. The van der Waals surface area contributed by atoms with Crippen LogP contribution < -0.4 is 4.74 Å². The molecule has 2 aromatic heterocycles. The van der Waals surface area contributed by atoms with Crippen molar-refractivity contribution in [2.75, 3.05) is 0 Å². The molecule has 7 nitrogen and oxygen atoms in total. The second kappa shape index (κ2) is 7.23. The Kier molecular flexibility index (Phi) is 4.85. The van der Waals surface area contributed by atoms with E-state index < -0.39 is 4.92 Å². The van der Waals surface area contributed by atoms with Gasteiger partial charge >= 0.3 is 0 Å². The average Bonchev–Trinajstić information content (AvgIpc) is 2.63. The third-order valence-electron chi connectivity index (χ3n) is 3.39. The van der Waals surface area contributed by atoms with Crippen molar-refractivity contribution in [3.63, 3.8) is 0 Å². The van der Waals surface area contributed by atoms with Gasteiger partial charge in [-0.15, -0.1) is 0 Å². The first-order valence-electron chi connectivity index (χ1n) is 7.48. The first-order valence-corrected chi connectivity index (χ1v) is 7.85. The van der Waals surface area contributed by atoms with Gasteiger partial charge in [-0.05, 0) is 30.7 Å². The van der Waals surface area contributed by atoms with E-state index in [1.165, 1.54) is 12.1 Å². The molecule has 1 aromatic carbocycles. The number of pyridine rings is 1. The fourth-order valence-electron chi connectivity index (χ4n) is 2.13. The summed E-state index contributed by atoms with van der Waals surface area (Å²) in [5.41, 5.74) is 1.44. The van der Waals surface area contributed by atoms with Crippen LogP contribution in [0.3, 0.4) is 0 Å². The van der Waals surface area contributed by atoms with E-state index in [9.17, 15) is 10.1 Å². The number of aryl methyl sites for hydroxylation is 1. The molecule has 0 saturated carbocycles. The summed E-state index contributed by atoms with van der Waals surface area (Å²) in [4.78, 5) is 23.1. The molecule has 25 heavy (non-hydrogen) atoms. The first kappa shape index (κ1) is 16.8. The van der Waals surface area contributed by atoms with Crippen molar-refractivity contribution in [2.24, 2.45) is 0 Å². The number of nitro groups is 1. The molecule has 0 amide bonds. The third kappa shape index (κ3) is 3.89. The quantitative estimate of drug-likeness (QED) is 0.381. The number of halogens is 1. The Hall–Kier alpha value is -3.06. The normalized spacial score (nSPS) is 10.5.